The van der Waals surface area contributed by atoms with Crippen molar-refractivity contribution in [2.24, 2.45) is 11.7 Å². The molecule has 1 aromatic rings. The standard InChI is InChI=1S/C13H17ClFNO/c1-8-4-5-17-13(8)12(16)6-9-2-3-10(15)7-11(9)14/h2-3,7-8,12-13H,4-6,16H2,1H3. The van der Waals surface area contributed by atoms with Crippen LogP contribution >= 0.6 is 11.6 Å². The van der Waals surface area contributed by atoms with E-state index in [2.05, 4.69) is 6.92 Å². The van der Waals surface area contributed by atoms with Gasteiger partial charge in [0.1, 0.15) is 5.82 Å². The molecule has 1 heterocycles. The molecule has 1 saturated heterocycles. The highest BCUT2D eigenvalue weighted by Crippen LogP contribution is 2.25. The van der Waals surface area contributed by atoms with Gasteiger partial charge in [0.15, 0.2) is 0 Å². The van der Waals surface area contributed by atoms with E-state index in [1.165, 1.54) is 12.1 Å². The Bertz CT molecular complexity index is 399. The monoisotopic (exact) mass is 257 g/mol. The second-order valence-corrected chi connectivity index (χ2v) is 5.11. The molecule has 0 saturated carbocycles. The molecule has 2 rings (SSSR count). The first-order chi connectivity index (χ1) is 8.08. The summed E-state index contributed by atoms with van der Waals surface area (Å²) in [6, 6.07) is 4.34. The fourth-order valence-electron chi connectivity index (χ4n) is 2.32. The van der Waals surface area contributed by atoms with E-state index in [-0.39, 0.29) is 18.0 Å². The van der Waals surface area contributed by atoms with Crippen LogP contribution in [0.4, 0.5) is 4.39 Å². The maximum atomic E-state index is 12.9. The van der Waals surface area contributed by atoms with Gasteiger partial charge in [0.2, 0.25) is 0 Å². The van der Waals surface area contributed by atoms with Crippen LogP contribution in [0.1, 0.15) is 18.9 Å². The third-order valence-corrected chi connectivity index (χ3v) is 3.69. The molecule has 0 bridgehead atoms. The molecule has 2 nitrogen and oxygen atoms in total. The summed E-state index contributed by atoms with van der Waals surface area (Å²) < 4.78 is 18.5. The highest BCUT2D eigenvalue weighted by molar-refractivity contribution is 6.31. The molecule has 3 atom stereocenters. The molecule has 94 valence electrons. The van der Waals surface area contributed by atoms with Crippen LogP contribution in [0, 0.1) is 11.7 Å². The van der Waals surface area contributed by atoms with Crippen LogP contribution in [0.5, 0.6) is 0 Å². The summed E-state index contributed by atoms with van der Waals surface area (Å²) in [5, 5.41) is 0.436. The van der Waals surface area contributed by atoms with Gasteiger partial charge in [0.25, 0.3) is 0 Å². The zero-order chi connectivity index (χ0) is 12.4. The number of nitrogens with two attached hydrogens (primary N) is 1. The molecule has 1 aromatic carbocycles. The first-order valence-corrected chi connectivity index (χ1v) is 6.27. The van der Waals surface area contributed by atoms with Gasteiger partial charge in [-0.25, -0.2) is 4.39 Å². The summed E-state index contributed by atoms with van der Waals surface area (Å²) >= 11 is 5.98. The van der Waals surface area contributed by atoms with Crippen LogP contribution in [0.15, 0.2) is 18.2 Å². The van der Waals surface area contributed by atoms with Gasteiger partial charge in [-0.05, 0) is 36.5 Å². The van der Waals surface area contributed by atoms with E-state index in [0.717, 1.165) is 18.6 Å². The summed E-state index contributed by atoms with van der Waals surface area (Å²) in [7, 11) is 0. The van der Waals surface area contributed by atoms with Crippen LogP contribution in [0.2, 0.25) is 5.02 Å². The maximum Gasteiger partial charge on any atom is 0.124 e. The van der Waals surface area contributed by atoms with E-state index >= 15 is 0 Å². The molecule has 0 aromatic heterocycles. The first-order valence-electron chi connectivity index (χ1n) is 5.89. The predicted octanol–water partition coefficient (Wildman–Crippen LogP) is 2.77. The van der Waals surface area contributed by atoms with Crippen molar-refractivity contribution in [2.45, 2.75) is 31.9 Å². The van der Waals surface area contributed by atoms with E-state index in [1.807, 2.05) is 0 Å². The second kappa shape index (κ2) is 5.34. The summed E-state index contributed by atoms with van der Waals surface area (Å²) in [5.41, 5.74) is 7.01. The van der Waals surface area contributed by atoms with Gasteiger partial charge >= 0.3 is 0 Å². The largest absolute Gasteiger partial charge is 0.376 e. The Balaban J connectivity index is 2.04. The van der Waals surface area contributed by atoms with Crippen molar-refractivity contribution in [3.8, 4) is 0 Å². The van der Waals surface area contributed by atoms with Crippen LogP contribution in [0.25, 0.3) is 0 Å². The Labute approximate surface area is 106 Å². The van der Waals surface area contributed by atoms with Crippen molar-refractivity contribution in [2.75, 3.05) is 6.61 Å². The molecule has 0 radical (unpaired) electrons. The van der Waals surface area contributed by atoms with Gasteiger partial charge < -0.3 is 10.5 Å². The topological polar surface area (TPSA) is 35.2 Å². The Kier molecular flexibility index (Phi) is 4.02. The minimum Gasteiger partial charge on any atom is -0.376 e. The van der Waals surface area contributed by atoms with Crippen LogP contribution in [-0.4, -0.2) is 18.8 Å². The summed E-state index contributed by atoms with van der Waals surface area (Å²) in [6.07, 6.45) is 1.75. The number of halogens is 2. The third kappa shape index (κ3) is 2.97. The predicted molar refractivity (Wildman–Crippen MR) is 66.6 cm³/mol. The van der Waals surface area contributed by atoms with Crippen LogP contribution in [-0.2, 0) is 11.2 Å². The van der Waals surface area contributed by atoms with E-state index in [1.54, 1.807) is 6.07 Å². The molecular weight excluding hydrogens is 241 g/mol. The molecular formula is C13H17ClFNO. The number of hydrogen-bond donors (Lipinski definition) is 1. The van der Waals surface area contributed by atoms with Crippen molar-refractivity contribution in [1.82, 2.24) is 0 Å². The fourth-order valence-corrected chi connectivity index (χ4v) is 2.57. The number of rotatable bonds is 3. The van der Waals surface area contributed by atoms with Crippen molar-refractivity contribution in [3.05, 3.63) is 34.6 Å². The Morgan fingerprint density at radius 3 is 2.94 bits per heavy atom. The molecule has 0 aliphatic carbocycles. The lowest BCUT2D eigenvalue weighted by Crippen LogP contribution is -2.39. The molecule has 1 aliphatic heterocycles. The lowest BCUT2D eigenvalue weighted by molar-refractivity contribution is 0.0726. The molecule has 4 heteroatoms. The minimum absolute atomic E-state index is 0.0797. The van der Waals surface area contributed by atoms with Gasteiger partial charge in [-0.2, -0.15) is 0 Å². The van der Waals surface area contributed by atoms with Crippen molar-refractivity contribution < 1.29 is 9.13 Å². The van der Waals surface area contributed by atoms with E-state index in [0.29, 0.717) is 17.4 Å². The molecule has 2 N–H and O–H groups in total. The fraction of sp³-hybridized carbons (Fsp3) is 0.538. The first kappa shape index (κ1) is 12.8. The molecule has 3 unspecified atom stereocenters. The summed E-state index contributed by atoms with van der Waals surface area (Å²) in [5.74, 6) is 0.155. The summed E-state index contributed by atoms with van der Waals surface area (Å²) in [4.78, 5) is 0. The van der Waals surface area contributed by atoms with Gasteiger partial charge in [-0.3, -0.25) is 0 Å². The van der Waals surface area contributed by atoms with Crippen molar-refractivity contribution in [3.63, 3.8) is 0 Å². The highest BCUT2D eigenvalue weighted by Gasteiger charge is 2.30. The zero-order valence-electron chi connectivity index (χ0n) is 9.83. The number of ether oxygens (including phenoxy) is 1. The molecule has 0 amide bonds. The summed E-state index contributed by atoms with van der Waals surface area (Å²) in [6.45, 7) is 2.92. The maximum absolute atomic E-state index is 12.9. The Hall–Kier alpha value is -0.640. The van der Waals surface area contributed by atoms with Gasteiger partial charge in [-0.15, -0.1) is 0 Å². The van der Waals surface area contributed by atoms with E-state index in [9.17, 15) is 4.39 Å². The number of benzene rings is 1. The van der Waals surface area contributed by atoms with Gasteiger partial charge in [-0.1, -0.05) is 24.6 Å². The van der Waals surface area contributed by atoms with Crippen molar-refractivity contribution >= 4 is 11.6 Å². The number of hydrogen-bond acceptors (Lipinski definition) is 2. The average Bonchev–Trinajstić information content (AvgIpc) is 2.68. The Morgan fingerprint density at radius 1 is 1.59 bits per heavy atom. The zero-order valence-corrected chi connectivity index (χ0v) is 10.6. The Morgan fingerprint density at radius 2 is 2.35 bits per heavy atom. The van der Waals surface area contributed by atoms with Crippen molar-refractivity contribution in [1.29, 1.82) is 0 Å². The van der Waals surface area contributed by atoms with E-state index in [4.69, 9.17) is 22.1 Å². The smallest absolute Gasteiger partial charge is 0.124 e. The third-order valence-electron chi connectivity index (χ3n) is 3.34. The highest BCUT2D eigenvalue weighted by atomic mass is 35.5. The second-order valence-electron chi connectivity index (χ2n) is 4.71. The van der Waals surface area contributed by atoms with Crippen LogP contribution < -0.4 is 5.73 Å². The molecule has 0 spiro atoms. The lowest BCUT2D eigenvalue weighted by atomic mass is 9.93. The molecule has 1 fully saturated rings. The normalized spacial score (nSPS) is 26.1. The quantitative estimate of drug-likeness (QED) is 0.904. The minimum atomic E-state index is -0.321. The average molecular weight is 258 g/mol. The SMILES string of the molecule is CC1CCOC1C(N)Cc1ccc(F)cc1Cl. The molecule has 1 aliphatic rings. The van der Waals surface area contributed by atoms with E-state index < -0.39 is 0 Å². The van der Waals surface area contributed by atoms with Crippen LogP contribution in [0.3, 0.4) is 0 Å². The van der Waals surface area contributed by atoms with Gasteiger partial charge in [0, 0.05) is 17.7 Å². The van der Waals surface area contributed by atoms with Gasteiger partial charge in [0.05, 0.1) is 6.10 Å². The lowest BCUT2D eigenvalue weighted by Gasteiger charge is -2.22. The molecule has 17 heavy (non-hydrogen) atoms.